The van der Waals surface area contributed by atoms with E-state index < -0.39 is 0 Å². The molecule has 114 valence electrons. The van der Waals surface area contributed by atoms with Gasteiger partial charge >= 0.3 is 5.97 Å². The zero-order chi connectivity index (χ0) is 16.1. The second-order valence-corrected chi connectivity index (χ2v) is 6.24. The minimum absolute atomic E-state index is 0.0802. The summed E-state index contributed by atoms with van der Waals surface area (Å²) in [5, 5.41) is 0. The van der Waals surface area contributed by atoms with Crippen molar-refractivity contribution in [2.45, 2.75) is 13.8 Å². The molecular weight excluding hydrogens is 344 g/mol. The fraction of sp³-hybridized carbons (Fsp3) is 0.222. The molecule has 0 atom stereocenters. The summed E-state index contributed by atoms with van der Waals surface area (Å²) in [5.41, 5.74) is 1.56. The number of benzene rings is 2. The van der Waals surface area contributed by atoms with E-state index in [1.165, 1.54) is 0 Å². The molecule has 0 aliphatic heterocycles. The first-order valence-electron chi connectivity index (χ1n) is 7.05. The van der Waals surface area contributed by atoms with Crippen LogP contribution in [0.15, 0.2) is 53.0 Å². The summed E-state index contributed by atoms with van der Waals surface area (Å²) in [7, 11) is 0. The van der Waals surface area contributed by atoms with Gasteiger partial charge < -0.3 is 4.74 Å². The molecule has 0 unspecified atom stereocenters. The SMILES string of the molecule is CC(C)COC(=O)c1ccc(C(=O)c2ccccc2)cc1Br. The maximum Gasteiger partial charge on any atom is 0.339 e. The Morgan fingerprint density at radius 2 is 1.73 bits per heavy atom. The number of halogens is 1. The van der Waals surface area contributed by atoms with Crippen molar-refractivity contribution < 1.29 is 14.3 Å². The van der Waals surface area contributed by atoms with Crippen LogP contribution in [0.4, 0.5) is 0 Å². The van der Waals surface area contributed by atoms with Gasteiger partial charge in [0.15, 0.2) is 5.78 Å². The van der Waals surface area contributed by atoms with E-state index in [2.05, 4.69) is 15.9 Å². The molecule has 0 aliphatic carbocycles. The van der Waals surface area contributed by atoms with Gasteiger partial charge in [0.25, 0.3) is 0 Å². The lowest BCUT2D eigenvalue weighted by atomic mass is 10.0. The number of hydrogen-bond donors (Lipinski definition) is 0. The van der Waals surface area contributed by atoms with Crippen molar-refractivity contribution in [3.63, 3.8) is 0 Å². The molecular formula is C18H17BrO3. The van der Waals surface area contributed by atoms with Crippen LogP contribution in [0.25, 0.3) is 0 Å². The first-order chi connectivity index (χ1) is 10.5. The summed E-state index contributed by atoms with van der Waals surface area (Å²) in [6, 6.07) is 13.9. The van der Waals surface area contributed by atoms with Crippen molar-refractivity contribution in [3.8, 4) is 0 Å². The molecule has 22 heavy (non-hydrogen) atoms. The highest BCUT2D eigenvalue weighted by Gasteiger charge is 2.15. The summed E-state index contributed by atoms with van der Waals surface area (Å²) in [5.74, 6) is -0.190. The highest BCUT2D eigenvalue weighted by atomic mass is 79.9. The summed E-state index contributed by atoms with van der Waals surface area (Å²) in [6.45, 7) is 4.32. The van der Waals surface area contributed by atoms with Gasteiger partial charge in [-0.25, -0.2) is 4.79 Å². The summed E-state index contributed by atoms with van der Waals surface area (Å²) in [6.07, 6.45) is 0. The van der Waals surface area contributed by atoms with Gasteiger partial charge in [0, 0.05) is 15.6 Å². The van der Waals surface area contributed by atoms with E-state index in [1.54, 1.807) is 30.3 Å². The zero-order valence-corrected chi connectivity index (χ0v) is 14.1. The van der Waals surface area contributed by atoms with Crippen molar-refractivity contribution in [2.75, 3.05) is 6.61 Å². The van der Waals surface area contributed by atoms with Crippen molar-refractivity contribution >= 4 is 27.7 Å². The van der Waals surface area contributed by atoms with E-state index in [-0.39, 0.29) is 17.7 Å². The molecule has 0 aliphatic rings. The molecule has 0 fully saturated rings. The number of carbonyl (C=O) groups is 2. The van der Waals surface area contributed by atoms with Crippen LogP contribution in [0.2, 0.25) is 0 Å². The Balaban J connectivity index is 2.19. The molecule has 0 saturated heterocycles. The molecule has 0 N–H and O–H groups in total. The second-order valence-electron chi connectivity index (χ2n) is 5.38. The van der Waals surface area contributed by atoms with Gasteiger partial charge in [0.1, 0.15) is 0 Å². The van der Waals surface area contributed by atoms with Crippen LogP contribution in [0.1, 0.15) is 40.1 Å². The lowest BCUT2D eigenvalue weighted by Gasteiger charge is -2.09. The Hall–Kier alpha value is -1.94. The number of rotatable bonds is 5. The first kappa shape index (κ1) is 16.4. The van der Waals surface area contributed by atoms with Crippen molar-refractivity contribution in [2.24, 2.45) is 5.92 Å². The molecule has 2 aromatic rings. The first-order valence-corrected chi connectivity index (χ1v) is 7.84. The van der Waals surface area contributed by atoms with Crippen LogP contribution in [0.5, 0.6) is 0 Å². The lowest BCUT2D eigenvalue weighted by molar-refractivity contribution is 0.0457. The van der Waals surface area contributed by atoms with Crippen LogP contribution in [-0.2, 0) is 4.74 Å². The Bertz CT molecular complexity index is 678. The number of esters is 1. The Labute approximate surface area is 138 Å². The van der Waals surface area contributed by atoms with Gasteiger partial charge in [-0.1, -0.05) is 50.2 Å². The van der Waals surface area contributed by atoms with Crippen LogP contribution in [-0.4, -0.2) is 18.4 Å². The standard InChI is InChI=1S/C18H17BrO3/c1-12(2)11-22-18(21)15-9-8-14(10-16(15)19)17(20)13-6-4-3-5-7-13/h3-10,12H,11H2,1-2H3. The fourth-order valence-electron chi connectivity index (χ4n) is 1.90. The van der Waals surface area contributed by atoms with E-state index in [1.807, 2.05) is 32.0 Å². The van der Waals surface area contributed by atoms with E-state index in [9.17, 15) is 9.59 Å². The number of ether oxygens (including phenoxy) is 1. The molecule has 0 saturated carbocycles. The highest BCUT2D eigenvalue weighted by molar-refractivity contribution is 9.10. The zero-order valence-electron chi connectivity index (χ0n) is 12.5. The Morgan fingerprint density at radius 1 is 1.05 bits per heavy atom. The van der Waals surface area contributed by atoms with Gasteiger partial charge in [-0.05, 0) is 34.0 Å². The Morgan fingerprint density at radius 3 is 2.32 bits per heavy atom. The molecule has 0 amide bonds. The van der Waals surface area contributed by atoms with E-state index >= 15 is 0 Å². The van der Waals surface area contributed by atoms with Gasteiger partial charge in [0.05, 0.1) is 12.2 Å². The van der Waals surface area contributed by atoms with E-state index in [0.29, 0.717) is 27.8 Å². The minimum Gasteiger partial charge on any atom is -0.462 e. The molecule has 0 aromatic heterocycles. The number of hydrogen-bond acceptors (Lipinski definition) is 3. The average Bonchev–Trinajstić information content (AvgIpc) is 2.52. The molecule has 0 bridgehead atoms. The van der Waals surface area contributed by atoms with Gasteiger partial charge in [-0.2, -0.15) is 0 Å². The monoisotopic (exact) mass is 360 g/mol. The summed E-state index contributed by atoms with van der Waals surface area (Å²) < 4.78 is 5.76. The quantitative estimate of drug-likeness (QED) is 0.582. The predicted molar refractivity (Wildman–Crippen MR) is 89.1 cm³/mol. The highest BCUT2D eigenvalue weighted by Crippen LogP contribution is 2.21. The predicted octanol–water partition coefficient (Wildman–Crippen LogP) is 4.49. The third-order valence-corrected chi connectivity index (χ3v) is 3.69. The largest absolute Gasteiger partial charge is 0.462 e. The Kier molecular flexibility index (Phi) is 5.50. The van der Waals surface area contributed by atoms with E-state index in [0.717, 1.165) is 0 Å². The van der Waals surface area contributed by atoms with Crippen molar-refractivity contribution in [1.29, 1.82) is 0 Å². The topological polar surface area (TPSA) is 43.4 Å². The third-order valence-electron chi connectivity index (χ3n) is 3.03. The molecule has 0 radical (unpaired) electrons. The van der Waals surface area contributed by atoms with Crippen LogP contribution >= 0.6 is 15.9 Å². The summed E-state index contributed by atoms with van der Waals surface area (Å²) in [4.78, 5) is 24.3. The van der Waals surface area contributed by atoms with Gasteiger partial charge in [-0.3, -0.25) is 4.79 Å². The molecule has 2 rings (SSSR count). The molecule has 0 heterocycles. The van der Waals surface area contributed by atoms with E-state index in [4.69, 9.17) is 4.74 Å². The maximum absolute atomic E-state index is 12.4. The minimum atomic E-state index is -0.390. The van der Waals surface area contributed by atoms with Crippen LogP contribution in [0, 0.1) is 5.92 Å². The van der Waals surface area contributed by atoms with Crippen molar-refractivity contribution in [3.05, 3.63) is 69.7 Å². The molecule has 0 spiro atoms. The second kappa shape index (κ2) is 7.36. The summed E-state index contributed by atoms with van der Waals surface area (Å²) >= 11 is 3.34. The van der Waals surface area contributed by atoms with Crippen molar-refractivity contribution in [1.82, 2.24) is 0 Å². The fourth-order valence-corrected chi connectivity index (χ4v) is 2.44. The normalized spacial score (nSPS) is 10.5. The molecule has 3 nitrogen and oxygen atoms in total. The molecule has 4 heteroatoms. The van der Waals surface area contributed by atoms with Gasteiger partial charge in [-0.15, -0.1) is 0 Å². The third kappa shape index (κ3) is 4.04. The van der Waals surface area contributed by atoms with Crippen LogP contribution in [0.3, 0.4) is 0 Å². The smallest absolute Gasteiger partial charge is 0.339 e. The number of carbonyl (C=O) groups excluding carboxylic acids is 2. The maximum atomic E-state index is 12.4. The van der Waals surface area contributed by atoms with Gasteiger partial charge in [0.2, 0.25) is 0 Å². The van der Waals surface area contributed by atoms with Crippen LogP contribution < -0.4 is 0 Å². The number of ketones is 1. The lowest BCUT2D eigenvalue weighted by Crippen LogP contribution is -2.11. The molecule has 2 aromatic carbocycles. The average molecular weight is 361 g/mol.